The average molecular weight is 458 g/mol. The Morgan fingerprint density at radius 3 is 2.32 bits per heavy atom. The Morgan fingerprint density at radius 2 is 1.65 bits per heavy atom. The van der Waals surface area contributed by atoms with Crippen LogP contribution >= 0.6 is 0 Å². The van der Waals surface area contributed by atoms with Gasteiger partial charge in [0.15, 0.2) is 0 Å². The van der Waals surface area contributed by atoms with Crippen molar-refractivity contribution in [3.05, 3.63) is 101 Å². The number of fused-ring (bicyclic) bond motifs is 1. The molecule has 0 fully saturated rings. The summed E-state index contributed by atoms with van der Waals surface area (Å²) >= 11 is 0. The van der Waals surface area contributed by atoms with Crippen molar-refractivity contribution in [2.75, 3.05) is 27.4 Å². The van der Waals surface area contributed by atoms with Crippen molar-refractivity contribution in [1.29, 1.82) is 0 Å². The van der Waals surface area contributed by atoms with Crippen molar-refractivity contribution in [3.8, 4) is 11.4 Å². The van der Waals surface area contributed by atoms with E-state index < -0.39 is 6.04 Å². The maximum atomic E-state index is 13.6. The molecule has 1 aromatic heterocycles. The molecule has 0 aliphatic heterocycles. The Balaban J connectivity index is 1.89. The zero-order chi connectivity index (χ0) is 24.1. The first-order valence-electron chi connectivity index (χ1n) is 11.1. The third-order valence-corrected chi connectivity index (χ3v) is 5.79. The summed E-state index contributed by atoms with van der Waals surface area (Å²) in [6.45, 7) is 2.58. The first-order valence-corrected chi connectivity index (χ1v) is 11.1. The van der Waals surface area contributed by atoms with Gasteiger partial charge in [0.2, 0.25) is 0 Å². The van der Waals surface area contributed by atoms with Crippen LogP contribution in [0.1, 0.15) is 29.1 Å². The van der Waals surface area contributed by atoms with Crippen LogP contribution in [0.2, 0.25) is 0 Å². The summed E-state index contributed by atoms with van der Waals surface area (Å²) in [6.07, 6.45) is 0. The standard InChI is InChI=1S/C27H27N3O4/c1-19(29(17-18-33-2)26(31)20-9-5-4-6-10-20)25-28-24-12-8-7-11-23(24)27(32)30(25)21-13-15-22(34-3)16-14-21/h4-16,19H,17-18H2,1-3H3. The molecule has 0 saturated heterocycles. The molecule has 3 aromatic carbocycles. The zero-order valence-corrected chi connectivity index (χ0v) is 19.5. The maximum absolute atomic E-state index is 13.6. The van der Waals surface area contributed by atoms with Gasteiger partial charge in [-0.15, -0.1) is 0 Å². The van der Waals surface area contributed by atoms with E-state index in [-0.39, 0.29) is 11.5 Å². The first kappa shape index (κ1) is 23.2. The molecule has 1 amide bonds. The van der Waals surface area contributed by atoms with Crippen molar-refractivity contribution < 1.29 is 14.3 Å². The predicted octanol–water partition coefficient (Wildman–Crippen LogP) is 4.24. The van der Waals surface area contributed by atoms with Gasteiger partial charge < -0.3 is 14.4 Å². The van der Waals surface area contributed by atoms with E-state index in [9.17, 15) is 9.59 Å². The van der Waals surface area contributed by atoms with E-state index in [1.165, 1.54) is 0 Å². The minimum atomic E-state index is -0.512. The third-order valence-electron chi connectivity index (χ3n) is 5.79. The fourth-order valence-electron chi connectivity index (χ4n) is 3.96. The highest BCUT2D eigenvalue weighted by molar-refractivity contribution is 5.94. The van der Waals surface area contributed by atoms with E-state index in [1.54, 1.807) is 54.0 Å². The van der Waals surface area contributed by atoms with Crippen molar-refractivity contribution in [1.82, 2.24) is 14.5 Å². The van der Waals surface area contributed by atoms with Crippen molar-refractivity contribution in [3.63, 3.8) is 0 Å². The molecular weight excluding hydrogens is 430 g/mol. The van der Waals surface area contributed by atoms with Crippen molar-refractivity contribution >= 4 is 16.8 Å². The second-order valence-corrected chi connectivity index (χ2v) is 7.86. The van der Waals surface area contributed by atoms with E-state index in [0.717, 1.165) is 0 Å². The number of hydrogen-bond donors (Lipinski definition) is 0. The quantitative estimate of drug-likeness (QED) is 0.396. The predicted molar refractivity (Wildman–Crippen MR) is 132 cm³/mol. The third kappa shape index (κ3) is 4.56. The molecule has 1 heterocycles. The minimum Gasteiger partial charge on any atom is -0.497 e. The summed E-state index contributed by atoms with van der Waals surface area (Å²) < 4.78 is 12.1. The van der Waals surface area contributed by atoms with Crippen molar-refractivity contribution in [2.45, 2.75) is 13.0 Å². The van der Waals surface area contributed by atoms with Crippen LogP contribution in [-0.4, -0.2) is 47.7 Å². The number of nitrogens with zero attached hydrogens (tertiary/aromatic N) is 3. The number of methoxy groups -OCH3 is 2. The topological polar surface area (TPSA) is 73.7 Å². The van der Waals surface area contributed by atoms with Crippen LogP contribution in [0, 0.1) is 0 Å². The molecule has 0 N–H and O–H groups in total. The van der Waals surface area contributed by atoms with E-state index in [2.05, 4.69) is 0 Å². The number of rotatable bonds is 8. The first-order chi connectivity index (χ1) is 16.5. The number of benzene rings is 3. The van der Waals surface area contributed by atoms with Gasteiger partial charge in [-0.3, -0.25) is 14.2 Å². The van der Waals surface area contributed by atoms with Gasteiger partial charge in [-0.1, -0.05) is 30.3 Å². The number of carbonyl (C=O) groups is 1. The van der Waals surface area contributed by atoms with E-state index in [1.807, 2.05) is 55.5 Å². The molecule has 0 saturated carbocycles. The highest BCUT2D eigenvalue weighted by Gasteiger charge is 2.27. The zero-order valence-electron chi connectivity index (χ0n) is 19.5. The van der Waals surface area contributed by atoms with Gasteiger partial charge >= 0.3 is 0 Å². The Hall–Kier alpha value is -3.97. The fraction of sp³-hybridized carbons (Fsp3) is 0.222. The summed E-state index contributed by atoms with van der Waals surface area (Å²) in [5.74, 6) is 0.990. The molecule has 0 radical (unpaired) electrons. The minimum absolute atomic E-state index is 0.158. The molecule has 0 aliphatic rings. The van der Waals surface area contributed by atoms with E-state index in [0.29, 0.717) is 46.9 Å². The summed E-state index contributed by atoms with van der Waals surface area (Å²) in [7, 11) is 3.19. The molecular formula is C27H27N3O4. The Kier molecular flexibility index (Phi) is 7.04. The molecule has 174 valence electrons. The highest BCUT2D eigenvalue weighted by atomic mass is 16.5. The van der Waals surface area contributed by atoms with Crippen LogP contribution in [0.15, 0.2) is 83.7 Å². The van der Waals surface area contributed by atoms with Gasteiger partial charge in [0.05, 0.1) is 36.3 Å². The summed E-state index contributed by atoms with van der Waals surface area (Å²) in [6, 6.07) is 23.0. The van der Waals surface area contributed by atoms with Gasteiger partial charge in [-0.05, 0) is 55.5 Å². The van der Waals surface area contributed by atoms with Gasteiger partial charge in [-0.2, -0.15) is 0 Å². The Labute approximate surface area is 198 Å². The lowest BCUT2D eigenvalue weighted by atomic mass is 10.1. The number of carbonyl (C=O) groups excluding carboxylic acids is 1. The molecule has 7 heteroatoms. The van der Waals surface area contributed by atoms with Crippen LogP contribution in [-0.2, 0) is 4.74 Å². The lowest BCUT2D eigenvalue weighted by Crippen LogP contribution is -2.39. The van der Waals surface area contributed by atoms with Crippen molar-refractivity contribution in [2.24, 2.45) is 0 Å². The van der Waals surface area contributed by atoms with Crippen LogP contribution < -0.4 is 10.3 Å². The molecule has 0 bridgehead atoms. The van der Waals surface area contributed by atoms with Crippen LogP contribution in [0.5, 0.6) is 5.75 Å². The van der Waals surface area contributed by atoms with Gasteiger partial charge in [0.1, 0.15) is 11.6 Å². The lowest BCUT2D eigenvalue weighted by molar-refractivity contribution is 0.0605. The number of amides is 1. The SMILES string of the molecule is COCCN(C(=O)c1ccccc1)C(C)c1nc2ccccc2c(=O)n1-c1ccc(OC)cc1. The molecule has 4 aromatic rings. The second kappa shape index (κ2) is 10.3. The van der Waals surface area contributed by atoms with Crippen LogP contribution in [0.3, 0.4) is 0 Å². The van der Waals surface area contributed by atoms with Gasteiger partial charge in [0, 0.05) is 19.2 Å². The molecule has 0 spiro atoms. The molecule has 34 heavy (non-hydrogen) atoms. The molecule has 4 rings (SSSR count). The number of ether oxygens (including phenoxy) is 2. The number of aromatic nitrogens is 2. The summed E-state index contributed by atoms with van der Waals surface area (Å²) in [5, 5.41) is 0.507. The Morgan fingerprint density at radius 1 is 0.971 bits per heavy atom. The molecule has 1 atom stereocenters. The largest absolute Gasteiger partial charge is 0.497 e. The smallest absolute Gasteiger partial charge is 0.266 e. The number of hydrogen-bond acceptors (Lipinski definition) is 5. The summed E-state index contributed by atoms with van der Waals surface area (Å²) in [4.78, 5) is 33.7. The lowest BCUT2D eigenvalue weighted by Gasteiger charge is -2.30. The average Bonchev–Trinajstić information content (AvgIpc) is 2.89. The molecule has 7 nitrogen and oxygen atoms in total. The monoisotopic (exact) mass is 457 g/mol. The number of para-hydroxylation sites is 1. The Bertz CT molecular complexity index is 1330. The van der Waals surface area contributed by atoms with E-state index >= 15 is 0 Å². The molecule has 1 unspecified atom stereocenters. The van der Waals surface area contributed by atoms with Crippen LogP contribution in [0.4, 0.5) is 0 Å². The second-order valence-electron chi connectivity index (χ2n) is 7.86. The van der Waals surface area contributed by atoms with Gasteiger partial charge in [-0.25, -0.2) is 4.98 Å². The fourth-order valence-corrected chi connectivity index (χ4v) is 3.96. The maximum Gasteiger partial charge on any atom is 0.266 e. The summed E-state index contributed by atoms with van der Waals surface area (Å²) in [5.41, 5.74) is 1.59. The van der Waals surface area contributed by atoms with Crippen LogP contribution in [0.25, 0.3) is 16.6 Å². The van der Waals surface area contributed by atoms with E-state index in [4.69, 9.17) is 14.5 Å². The highest BCUT2D eigenvalue weighted by Crippen LogP contribution is 2.25. The van der Waals surface area contributed by atoms with Gasteiger partial charge in [0.25, 0.3) is 11.5 Å². The molecule has 0 aliphatic carbocycles. The normalized spacial score (nSPS) is 11.9.